The van der Waals surface area contributed by atoms with Crippen LogP contribution in [0.2, 0.25) is 0 Å². The molecule has 1 aliphatic heterocycles. The van der Waals surface area contributed by atoms with Crippen LogP contribution in [-0.2, 0) is 32.5 Å². The van der Waals surface area contributed by atoms with E-state index in [1.54, 1.807) is 17.0 Å². The minimum absolute atomic E-state index is 0.0143. The number of amides is 2. The van der Waals surface area contributed by atoms with Gasteiger partial charge in [-0.2, -0.15) is 4.31 Å². The van der Waals surface area contributed by atoms with E-state index in [2.05, 4.69) is 5.32 Å². The third-order valence-corrected chi connectivity index (χ3v) is 7.66. The number of benzene rings is 2. The summed E-state index contributed by atoms with van der Waals surface area (Å²) in [4.78, 5) is 26.3. The highest BCUT2D eigenvalue weighted by Gasteiger charge is 2.31. The molecule has 0 aromatic heterocycles. The second kappa shape index (κ2) is 9.83. The highest BCUT2D eigenvalue weighted by atomic mass is 32.2. The van der Waals surface area contributed by atoms with Gasteiger partial charge in [0, 0.05) is 31.7 Å². The largest absolute Gasteiger partial charge is 0.352 e. The molecule has 0 fully saturated rings. The summed E-state index contributed by atoms with van der Waals surface area (Å²) in [6.07, 6.45) is 2.03. The van der Waals surface area contributed by atoms with Crippen LogP contribution in [-0.4, -0.2) is 50.2 Å². The molecule has 0 unspecified atom stereocenters. The predicted octanol–water partition coefficient (Wildman–Crippen LogP) is 2.74. The number of rotatable bonds is 8. The van der Waals surface area contributed by atoms with Gasteiger partial charge < -0.3 is 10.2 Å². The molecule has 0 aliphatic carbocycles. The van der Waals surface area contributed by atoms with E-state index in [0.29, 0.717) is 12.8 Å². The molecule has 7 nitrogen and oxygen atoms in total. The summed E-state index contributed by atoms with van der Waals surface area (Å²) in [5.74, 6) is -0.405. The van der Waals surface area contributed by atoms with E-state index in [-0.39, 0.29) is 35.3 Å². The number of hydrogen-bond acceptors (Lipinski definition) is 4. The van der Waals surface area contributed by atoms with E-state index >= 15 is 0 Å². The number of hydrogen-bond donors (Lipinski definition) is 1. The quantitative estimate of drug-likeness (QED) is 0.660. The Morgan fingerprint density at radius 2 is 1.88 bits per heavy atom. The molecule has 0 bridgehead atoms. The maximum atomic E-state index is 13.1. The lowest BCUT2D eigenvalue weighted by Gasteiger charge is -2.22. The normalized spacial score (nSPS) is 16.7. The third kappa shape index (κ3) is 5.19. The number of carbonyl (C=O) groups excluding carboxylic acids is 2. The van der Waals surface area contributed by atoms with Crippen LogP contribution in [0.5, 0.6) is 0 Å². The Balaban J connectivity index is 1.68. The molecule has 3 rings (SSSR count). The molecular formula is C24H31N3O4S. The fourth-order valence-corrected chi connectivity index (χ4v) is 5.36. The minimum atomic E-state index is -3.84. The summed E-state index contributed by atoms with van der Waals surface area (Å²) < 4.78 is 27.2. The first kappa shape index (κ1) is 23.9. The molecule has 2 aromatic rings. The average Bonchev–Trinajstić information content (AvgIpc) is 3.08. The molecule has 172 valence electrons. The van der Waals surface area contributed by atoms with Crippen LogP contribution in [0, 0.1) is 0 Å². The van der Waals surface area contributed by atoms with Crippen LogP contribution in [0.4, 0.5) is 5.69 Å². The Bertz CT molecular complexity index is 1090. The summed E-state index contributed by atoms with van der Waals surface area (Å²) in [5.41, 5.74) is 2.68. The van der Waals surface area contributed by atoms with Crippen molar-refractivity contribution in [1.82, 2.24) is 9.62 Å². The van der Waals surface area contributed by atoms with Crippen molar-refractivity contribution in [2.45, 2.75) is 57.0 Å². The molecule has 1 aliphatic rings. The Kier molecular flexibility index (Phi) is 7.36. The molecule has 0 saturated heterocycles. The van der Waals surface area contributed by atoms with Crippen molar-refractivity contribution in [2.75, 3.05) is 18.5 Å². The fraction of sp³-hybridized carbons (Fsp3) is 0.417. The maximum absolute atomic E-state index is 13.1. The number of sulfonamides is 1. The van der Waals surface area contributed by atoms with Crippen LogP contribution in [0.3, 0.4) is 0 Å². The van der Waals surface area contributed by atoms with Crippen molar-refractivity contribution in [3.8, 4) is 0 Å². The van der Waals surface area contributed by atoms with Gasteiger partial charge in [-0.25, -0.2) is 8.42 Å². The maximum Gasteiger partial charge on any atom is 0.243 e. The zero-order valence-electron chi connectivity index (χ0n) is 19.0. The van der Waals surface area contributed by atoms with Gasteiger partial charge in [0.25, 0.3) is 0 Å². The topological polar surface area (TPSA) is 86.8 Å². The SMILES string of the molecule is CC[C@H](Cc1ccccc1)NC(=O)CN(C)S(=O)(=O)c1ccc2c(c1)C[C@H](C)N2C(C)=O. The summed E-state index contributed by atoms with van der Waals surface area (Å²) in [7, 11) is -2.44. The number of carbonyl (C=O) groups is 2. The average molecular weight is 458 g/mol. The number of anilines is 1. The van der Waals surface area contributed by atoms with E-state index in [0.717, 1.165) is 27.5 Å². The summed E-state index contributed by atoms with van der Waals surface area (Å²) in [6.45, 7) is 5.17. The van der Waals surface area contributed by atoms with E-state index in [1.807, 2.05) is 44.2 Å². The number of nitrogens with one attached hydrogen (secondary N) is 1. The van der Waals surface area contributed by atoms with E-state index in [4.69, 9.17) is 0 Å². The lowest BCUT2D eigenvalue weighted by Crippen LogP contribution is -2.43. The van der Waals surface area contributed by atoms with Gasteiger partial charge in [-0.1, -0.05) is 37.3 Å². The molecule has 0 spiro atoms. The zero-order valence-corrected chi connectivity index (χ0v) is 19.9. The number of nitrogens with zero attached hydrogens (tertiary/aromatic N) is 2. The zero-order chi connectivity index (χ0) is 23.5. The summed E-state index contributed by atoms with van der Waals surface area (Å²) in [5, 5.41) is 2.95. The minimum Gasteiger partial charge on any atom is -0.352 e. The van der Waals surface area contributed by atoms with Crippen LogP contribution in [0.25, 0.3) is 0 Å². The van der Waals surface area contributed by atoms with E-state index in [9.17, 15) is 18.0 Å². The van der Waals surface area contributed by atoms with Crippen LogP contribution in [0.15, 0.2) is 53.4 Å². The fourth-order valence-electron chi connectivity index (χ4n) is 4.18. The molecule has 0 radical (unpaired) electrons. The van der Waals surface area contributed by atoms with Crippen molar-refractivity contribution < 1.29 is 18.0 Å². The molecule has 32 heavy (non-hydrogen) atoms. The van der Waals surface area contributed by atoms with Crippen LogP contribution >= 0.6 is 0 Å². The Morgan fingerprint density at radius 3 is 2.50 bits per heavy atom. The Labute approximate surface area is 190 Å². The van der Waals surface area contributed by atoms with Gasteiger partial charge in [-0.15, -0.1) is 0 Å². The third-order valence-electron chi connectivity index (χ3n) is 5.86. The molecule has 2 atom stereocenters. The van der Waals surface area contributed by atoms with Crippen molar-refractivity contribution in [1.29, 1.82) is 0 Å². The Hall–Kier alpha value is -2.71. The van der Waals surface area contributed by atoms with Crippen molar-refractivity contribution in [2.24, 2.45) is 0 Å². The molecular weight excluding hydrogens is 426 g/mol. The van der Waals surface area contributed by atoms with Crippen molar-refractivity contribution in [3.05, 3.63) is 59.7 Å². The predicted molar refractivity (Wildman–Crippen MR) is 125 cm³/mol. The highest BCUT2D eigenvalue weighted by Crippen LogP contribution is 2.34. The summed E-state index contributed by atoms with van der Waals surface area (Å²) >= 11 is 0. The smallest absolute Gasteiger partial charge is 0.243 e. The second-order valence-electron chi connectivity index (χ2n) is 8.36. The molecule has 1 N–H and O–H groups in total. The first-order valence-corrected chi connectivity index (χ1v) is 12.3. The first-order valence-electron chi connectivity index (χ1n) is 10.9. The van der Waals surface area contributed by atoms with Crippen molar-refractivity contribution in [3.63, 3.8) is 0 Å². The van der Waals surface area contributed by atoms with Gasteiger partial charge in [0.1, 0.15) is 0 Å². The van der Waals surface area contributed by atoms with Gasteiger partial charge in [-0.3, -0.25) is 9.59 Å². The lowest BCUT2D eigenvalue weighted by atomic mass is 10.0. The van der Waals surface area contributed by atoms with Crippen LogP contribution in [0.1, 0.15) is 38.3 Å². The van der Waals surface area contributed by atoms with Gasteiger partial charge in [0.15, 0.2) is 0 Å². The van der Waals surface area contributed by atoms with Gasteiger partial charge in [0.05, 0.1) is 11.4 Å². The standard InChI is InChI=1S/C24H31N3O4S/c1-5-21(14-19-9-7-6-8-10-19)25-24(29)16-26(4)32(30,31)22-11-12-23-20(15-22)13-17(2)27(23)18(3)28/h6-12,15,17,21H,5,13-14,16H2,1-4H3,(H,25,29)/t17-,21+/m0/s1. The molecule has 8 heteroatoms. The monoisotopic (exact) mass is 457 g/mol. The number of fused-ring (bicyclic) bond motifs is 1. The molecule has 2 aromatic carbocycles. The molecule has 1 heterocycles. The summed E-state index contributed by atoms with van der Waals surface area (Å²) in [6, 6.07) is 14.6. The lowest BCUT2D eigenvalue weighted by molar-refractivity contribution is -0.122. The molecule has 0 saturated carbocycles. The van der Waals surface area contributed by atoms with Gasteiger partial charge in [-0.05, 0) is 55.5 Å². The van der Waals surface area contributed by atoms with E-state index < -0.39 is 10.0 Å². The second-order valence-corrected chi connectivity index (χ2v) is 10.4. The highest BCUT2D eigenvalue weighted by molar-refractivity contribution is 7.89. The first-order chi connectivity index (χ1) is 15.1. The van der Waals surface area contributed by atoms with Crippen LogP contribution < -0.4 is 10.2 Å². The van der Waals surface area contributed by atoms with Crippen molar-refractivity contribution >= 4 is 27.5 Å². The number of likely N-dealkylation sites (N-methyl/N-ethyl adjacent to an activating group) is 1. The Morgan fingerprint density at radius 1 is 1.19 bits per heavy atom. The van der Waals surface area contributed by atoms with Gasteiger partial charge in [0.2, 0.25) is 21.8 Å². The molecule has 2 amide bonds. The van der Waals surface area contributed by atoms with E-state index in [1.165, 1.54) is 20.0 Å². The van der Waals surface area contributed by atoms with Gasteiger partial charge >= 0.3 is 0 Å².